The van der Waals surface area contributed by atoms with Crippen LogP contribution in [0.2, 0.25) is 0 Å². The van der Waals surface area contributed by atoms with Crippen molar-refractivity contribution in [2.45, 2.75) is 6.04 Å². The third-order valence-corrected chi connectivity index (χ3v) is 5.17. The summed E-state index contributed by atoms with van der Waals surface area (Å²) < 4.78 is 7.46. The fourth-order valence-electron chi connectivity index (χ4n) is 3.71. The maximum Gasteiger partial charge on any atom is 0.226 e. The summed E-state index contributed by atoms with van der Waals surface area (Å²) >= 11 is 0. The minimum absolute atomic E-state index is 0.103. The molecule has 0 fully saturated rings. The van der Waals surface area contributed by atoms with Crippen molar-refractivity contribution in [3.63, 3.8) is 0 Å². The van der Waals surface area contributed by atoms with Crippen molar-refractivity contribution in [3.05, 3.63) is 102 Å². The lowest BCUT2D eigenvalue weighted by molar-refractivity contribution is 0.404. The molecular weight excluding hydrogens is 360 g/mol. The molecule has 0 bridgehead atoms. The molecule has 1 atom stereocenters. The molecule has 0 radical (unpaired) electrons. The van der Waals surface area contributed by atoms with Crippen LogP contribution >= 0.6 is 0 Å². The summed E-state index contributed by atoms with van der Waals surface area (Å²) in [4.78, 5) is 4.39. The van der Waals surface area contributed by atoms with Crippen LogP contribution in [-0.2, 0) is 0 Å². The molecule has 4 aromatic rings. The fourth-order valence-corrected chi connectivity index (χ4v) is 3.71. The second-order valence-electron chi connectivity index (χ2n) is 6.86. The summed E-state index contributed by atoms with van der Waals surface area (Å²) in [5, 5.41) is 7.81. The predicted molar refractivity (Wildman–Crippen MR) is 115 cm³/mol. The zero-order valence-electron chi connectivity index (χ0n) is 16.0. The van der Waals surface area contributed by atoms with Crippen molar-refractivity contribution < 1.29 is 4.74 Å². The van der Waals surface area contributed by atoms with Crippen molar-refractivity contribution in [1.29, 1.82) is 0 Å². The first-order valence-corrected chi connectivity index (χ1v) is 9.50. The number of ether oxygens (including phenoxy) is 1. The van der Waals surface area contributed by atoms with Gasteiger partial charge in [0.1, 0.15) is 18.1 Å². The monoisotopic (exact) mass is 380 g/mol. The van der Waals surface area contributed by atoms with Gasteiger partial charge in [0.2, 0.25) is 5.95 Å². The minimum Gasteiger partial charge on any atom is -0.496 e. The summed E-state index contributed by atoms with van der Waals surface area (Å²) in [7, 11) is 1.69. The normalized spacial score (nSPS) is 15.2. The lowest BCUT2D eigenvalue weighted by Crippen LogP contribution is -2.20. The molecule has 2 heterocycles. The van der Waals surface area contributed by atoms with Crippen molar-refractivity contribution in [1.82, 2.24) is 14.8 Å². The number of nitrogens with one attached hydrogen (secondary N) is 1. The molecule has 142 valence electrons. The van der Waals surface area contributed by atoms with Crippen LogP contribution in [0.3, 0.4) is 0 Å². The topological polar surface area (TPSA) is 52.0 Å². The zero-order valence-corrected chi connectivity index (χ0v) is 16.0. The summed E-state index contributed by atoms with van der Waals surface area (Å²) in [5.74, 6) is 1.54. The SMILES string of the molecule is COc1ccccc1C1C=C(c2ccc(-c3ccccc3)cc2)Nc2ncnn21. The third-order valence-electron chi connectivity index (χ3n) is 5.17. The minimum atomic E-state index is -0.103. The van der Waals surface area contributed by atoms with Gasteiger partial charge in [0.25, 0.3) is 0 Å². The number of para-hydroxylation sites is 1. The van der Waals surface area contributed by atoms with E-state index in [0.29, 0.717) is 5.95 Å². The number of rotatable bonds is 4. The smallest absolute Gasteiger partial charge is 0.226 e. The van der Waals surface area contributed by atoms with Gasteiger partial charge in [-0.15, -0.1) is 0 Å². The summed E-state index contributed by atoms with van der Waals surface area (Å²) in [6, 6.07) is 26.8. The Kier molecular flexibility index (Phi) is 4.33. The number of methoxy groups -OCH3 is 1. The first-order valence-electron chi connectivity index (χ1n) is 9.50. The van der Waals surface area contributed by atoms with Crippen LogP contribution < -0.4 is 10.1 Å². The number of fused-ring (bicyclic) bond motifs is 1. The van der Waals surface area contributed by atoms with Gasteiger partial charge in [-0.2, -0.15) is 10.1 Å². The number of anilines is 1. The largest absolute Gasteiger partial charge is 0.496 e. The summed E-state index contributed by atoms with van der Waals surface area (Å²) in [6.07, 6.45) is 3.73. The maximum absolute atomic E-state index is 5.58. The van der Waals surface area contributed by atoms with Gasteiger partial charge in [0, 0.05) is 11.3 Å². The van der Waals surface area contributed by atoms with Crippen LogP contribution in [-0.4, -0.2) is 21.9 Å². The standard InChI is InChI=1S/C24H20N4O/c1-29-23-10-6-5-9-20(23)22-15-21(27-24-25-16-26-28(22)24)19-13-11-18(12-14-19)17-7-3-2-4-8-17/h2-16,22H,1H3,(H,25,26,27). The number of benzene rings is 3. The van der Waals surface area contributed by atoms with E-state index in [1.807, 2.05) is 28.9 Å². The highest BCUT2D eigenvalue weighted by Gasteiger charge is 2.25. The molecule has 0 saturated heterocycles. The van der Waals surface area contributed by atoms with E-state index in [2.05, 4.69) is 76.1 Å². The van der Waals surface area contributed by atoms with E-state index in [1.54, 1.807) is 13.4 Å². The summed E-state index contributed by atoms with van der Waals surface area (Å²) in [6.45, 7) is 0. The van der Waals surface area contributed by atoms with E-state index in [9.17, 15) is 0 Å². The Hall–Kier alpha value is -3.86. The van der Waals surface area contributed by atoms with Crippen LogP contribution in [0.1, 0.15) is 17.2 Å². The van der Waals surface area contributed by atoms with Crippen molar-refractivity contribution in [2.75, 3.05) is 12.4 Å². The predicted octanol–water partition coefficient (Wildman–Crippen LogP) is 5.01. The first-order chi connectivity index (χ1) is 14.3. The Labute approximate surface area is 169 Å². The molecule has 0 spiro atoms. The highest BCUT2D eigenvalue weighted by atomic mass is 16.5. The van der Waals surface area contributed by atoms with E-state index in [0.717, 1.165) is 22.6 Å². The first kappa shape index (κ1) is 17.3. The van der Waals surface area contributed by atoms with E-state index < -0.39 is 0 Å². The van der Waals surface area contributed by atoms with Crippen LogP contribution in [0.4, 0.5) is 5.95 Å². The molecule has 1 N–H and O–H groups in total. The van der Waals surface area contributed by atoms with Crippen LogP contribution in [0, 0.1) is 0 Å². The quantitative estimate of drug-likeness (QED) is 0.541. The molecule has 3 aromatic carbocycles. The highest BCUT2D eigenvalue weighted by molar-refractivity contribution is 5.78. The molecular formula is C24H20N4O. The second-order valence-corrected chi connectivity index (χ2v) is 6.86. The fraction of sp³-hybridized carbons (Fsp3) is 0.0833. The molecule has 1 unspecified atom stereocenters. The average Bonchev–Trinajstić information content (AvgIpc) is 3.28. The number of nitrogens with zero attached hydrogens (tertiary/aromatic N) is 3. The Balaban J connectivity index is 1.54. The Morgan fingerprint density at radius 3 is 2.31 bits per heavy atom. The van der Waals surface area contributed by atoms with Crippen molar-refractivity contribution >= 4 is 11.6 Å². The molecule has 5 nitrogen and oxygen atoms in total. The third kappa shape index (κ3) is 3.17. The molecule has 1 aromatic heterocycles. The van der Waals surface area contributed by atoms with Gasteiger partial charge in [0.15, 0.2) is 0 Å². The van der Waals surface area contributed by atoms with Gasteiger partial charge in [-0.25, -0.2) is 4.68 Å². The number of hydrogen-bond acceptors (Lipinski definition) is 4. The molecule has 0 saturated carbocycles. The van der Waals surface area contributed by atoms with E-state index >= 15 is 0 Å². The van der Waals surface area contributed by atoms with Crippen molar-refractivity contribution in [2.24, 2.45) is 0 Å². The number of aromatic nitrogens is 3. The molecule has 1 aliphatic heterocycles. The average molecular weight is 380 g/mol. The van der Waals surface area contributed by atoms with Gasteiger partial charge in [-0.05, 0) is 28.8 Å². The lowest BCUT2D eigenvalue weighted by Gasteiger charge is -2.25. The van der Waals surface area contributed by atoms with E-state index in [4.69, 9.17) is 4.74 Å². The molecule has 0 amide bonds. The van der Waals surface area contributed by atoms with Gasteiger partial charge >= 0.3 is 0 Å². The number of hydrogen-bond donors (Lipinski definition) is 1. The summed E-state index contributed by atoms with van der Waals surface area (Å²) in [5.41, 5.74) is 5.54. The van der Waals surface area contributed by atoms with Crippen LogP contribution in [0.15, 0.2) is 91.3 Å². The molecule has 5 rings (SSSR count). The van der Waals surface area contributed by atoms with Crippen LogP contribution in [0.25, 0.3) is 16.8 Å². The van der Waals surface area contributed by atoms with Gasteiger partial charge in [0.05, 0.1) is 7.11 Å². The molecule has 29 heavy (non-hydrogen) atoms. The molecule has 1 aliphatic rings. The highest BCUT2D eigenvalue weighted by Crippen LogP contribution is 2.36. The van der Waals surface area contributed by atoms with E-state index in [-0.39, 0.29) is 6.04 Å². The van der Waals surface area contributed by atoms with Gasteiger partial charge in [-0.3, -0.25) is 0 Å². The Morgan fingerprint density at radius 1 is 0.828 bits per heavy atom. The maximum atomic E-state index is 5.58. The van der Waals surface area contributed by atoms with E-state index in [1.165, 1.54) is 11.1 Å². The zero-order chi connectivity index (χ0) is 19.6. The Morgan fingerprint density at radius 2 is 1.52 bits per heavy atom. The lowest BCUT2D eigenvalue weighted by atomic mass is 9.99. The van der Waals surface area contributed by atoms with Crippen molar-refractivity contribution in [3.8, 4) is 16.9 Å². The second kappa shape index (κ2) is 7.28. The van der Waals surface area contributed by atoms with Crippen LogP contribution in [0.5, 0.6) is 5.75 Å². The van der Waals surface area contributed by atoms with Gasteiger partial charge in [-0.1, -0.05) is 72.8 Å². The number of allylic oxidation sites excluding steroid dienone is 1. The Bertz CT molecular complexity index is 1160. The molecule has 0 aliphatic carbocycles. The van der Waals surface area contributed by atoms with Gasteiger partial charge < -0.3 is 10.1 Å². The molecule has 5 heteroatoms.